The number of unbranched alkanes of at least 4 members (excludes halogenated alkanes) is 1. The maximum absolute atomic E-state index is 11.3. The molecule has 0 aliphatic rings. The molecule has 2 aromatic carbocycles. The van der Waals surface area contributed by atoms with E-state index < -0.39 is 5.97 Å². The van der Waals surface area contributed by atoms with Crippen molar-refractivity contribution in [2.45, 2.75) is 19.8 Å². The third-order valence-corrected chi connectivity index (χ3v) is 4.63. The quantitative estimate of drug-likeness (QED) is 0.300. The number of ether oxygens (including phenoxy) is 1. The molecular formula is C23H20ClN3O3. The molecule has 152 valence electrons. The molecule has 1 heterocycles. The molecule has 30 heavy (non-hydrogen) atoms. The molecule has 0 radical (unpaired) electrons. The highest BCUT2D eigenvalue weighted by molar-refractivity contribution is 6.30. The lowest BCUT2D eigenvalue weighted by atomic mass is 10.1. The fourth-order valence-electron chi connectivity index (χ4n) is 2.78. The predicted octanol–water partition coefficient (Wildman–Crippen LogP) is 5.36. The minimum atomic E-state index is -1.29. The largest absolute Gasteiger partial charge is 0.494 e. The van der Waals surface area contributed by atoms with Crippen LogP contribution >= 0.6 is 11.6 Å². The van der Waals surface area contributed by atoms with Crippen LogP contribution in [0.15, 0.2) is 60.3 Å². The van der Waals surface area contributed by atoms with Crippen molar-refractivity contribution >= 4 is 23.6 Å². The SMILES string of the molecule is CCCCOc1ccc(-c2nn(-c3ccc(Cl)cc3)cc2/C=C(/C#N)C(=O)O)cc1. The third kappa shape index (κ3) is 5.07. The molecule has 0 bridgehead atoms. The number of carboxylic acid groups (broad SMARTS) is 1. The van der Waals surface area contributed by atoms with Crippen LogP contribution in [0, 0.1) is 11.3 Å². The van der Waals surface area contributed by atoms with Crippen molar-refractivity contribution in [1.82, 2.24) is 9.78 Å². The van der Waals surface area contributed by atoms with E-state index in [4.69, 9.17) is 21.6 Å². The smallest absolute Gasteiger partial charge is 0.346 e. The van der Waals surface area contributed by atoms with Gasteiger partial charge in [0.05, 0.1) is 18.0 Å². The summed E-state index contributed by atoms with van der Waals surface area (Å²) in [6.07, 6.45) is 5.04. The predicted molar refractivity (Wildman–Crippen MR) is 116 cm³/mol. The van der Waals surface area contributed by atoms with Crippen molar-refractivity contribution in [3.05, 3.63) is 70.9 Å². The number of aromatic nitrogens is 2. The van der Waals surface area contributed by atoms with Crippen LogP contribution in [-0.4, -0.2) is 27.5 Å². The molecule has 0 saturated carbocycles. The van der Waals surface area contributed by atoms with E-state index in [0.29, 0.717) is 22.9 Å². The summed E-state index contributed by atoms with van der Waals surface area (Å²) in [5, 5.41) is 23.6. The van der Waals surface area contributed by atoms with Gasteiger partial charge in [0.15, 0.2) is 0 Å². The van der Waals surface area contributed by atoms with Gasteiger partial charge in [-0.25, -0.2) is 9.48 Å². The van der Waals surface area contributed by atoms with E-state index in [1.165, 1.54) is 6.08 Å². The highest BCUT2D eigenvalue weighted by atomic mass is 35.5. The highest BCUT2D eigenvalue weighted by Gasteiger charge is 2.14. The third-order valence-electron chi connectivity index (χ3n) is 4.38. The van der Waals surface area contributed by atoms with Gasteiger partial charge in [-0.15, -0.1) is 0 Å². The molecule has 6 nitrogen and oxygen atoms in total. The zero-order chi connectivity index (χ0) is 21.5. The van der Waals surface area contributed by atoms with Crippen molar-refractivity contribution in [2.75, 3.05) is 6.61 Å². The fraction of sp³-hybridized carbons (Fsp3) is 0.174. The molecule has 0 aliphatic heterocycles. The Kier molecular flexibility index (Phi) is 6.89. The lowest BCUT2D eigenvalue weighted by Crippen LogP contribution is -1.97. The number of rotatable bonds is 8. The summed E-state index contributed by atoms with van der Waals surface area (Å²) < 4.78 is 7.32. The van der Waals surface area contributed by atoms with Crippen molar-refractivity contribution in [3.63, 3.8) is 0 Å². The van der Waals surface area contributed by atoms with Crippen LogP contribution < -0.4 is 4.74 Å². The van der Waals surface area contributed by atoms with Gasteiger partial charge in [0.25, 0.3) is 0 Å². The lowest BCUT2D eigenvalue weighted by molar-refractivity contribution is -0.132. The van der Waals surface area contributed by atoms with E-state index in [1.54, 1.807) is 41.2 Å². The first-order chi connectivity index (χ1) is 14.5. The molecule has 0 unspecified atom stereocenters. The van der Waals surface area contributed by atoms with Crippen LogP contribution in [0.3, 0.4) is 0 Å². The number of halogens is 1. The number of nitriles is 1. The van der Waals surface area contributed by atoms with Crippen LogP contribution in [0.1, 0.15) is 25.3 Å². The minimum absolute atomic E-state index is 0.369. The van der Waals surface area contributed by atoms with Gasteiger partial charge in [-0.1, -0.05) is 24.9 Å². The van der Waals surface area contributed by atoms with Gasteiger partial charge in [-0.2, -0.15) is 10.4 Å². The second kappa shape index (κ2) is 9.77. The van der Waals surface area contributed by atoms with E-state index in [0.717, 1.165) is 29.8 Å². The number of carboxylic acids is 1. The van der Waals surface area contributed by atoms with Crippen LogP contribution in [0.25, 0.3) is 23.0 Å². The minimum Gasteiger partial charge on any atom is -0.494 e. The average molecular weight is 422 g/mol. The molecule has 3 rings (SSSR count). The Balaban J connectivity index is 2.02. The second-order valence-corrected chi connectivity index (χ2v) is 6.99. The summed E-state index contributed by atoms with van der Waals surface area (Å²) >= 11 is 5.96. The molecule has 0 spiro atoms. The van der Waals surface area contributed by atoms with Crippen LogP contribution in [0.2, 0.25) is 5.02 Å². The van der Waals surface area contributed by atoms with Gasteiger partial charge in [0.1, 0.15) is 17.4 Å². The fourth-order valence-corrected chi connectivity index (χ4v) is 2.91. The van der Waals surface area contributed by atoms with Crippen LogP contribution in [-0.2, 0) is 4.79 Å². The van der Waals surface area contributed by atoms with E-state index in [9.17, 15) is 9.90 Å². The number of carbonyl (C=O) groups is 1. The summed E-state index contributed by atoms with van der Waals surface area (Å²) in [5.74, 6) is -0.535. The van der Waals surface area contributed by atoms with E-state index in [1.807, 2.05) is 24.3 Å². The Hall–Kier alpha value is -3.56. The van der Waals surface area contributed by atoms with Crippen molar-refractivity contribution in [2.24, 2.45) is 0 Å². The number of benzene rings is 2. The molecule has 0 aliphatic carbocycles. The van der Waals surface area contributed by atoms with Gasteiger partial charge in [-0.3, -0.25) is 0 Å². The first kappa shape index (κ1) is 21.2. The Morgan fingerprint density at radius 3 is 2.53 bits per heavy atom. The van der Waals surface area contributed by atoms with Gasteiger partial charge < -0.3 is 9.84 Å². The first-order valence-corrected chi connectivity index (χ1v) is 9.83. The molecule has 0 amide bonds. The maximum atomic E-state index is 11.3. The Bertz CT molecular complexity index is 1090. The van der Waals surface area contributed by atoms with Gasteiger partial charge in [0, 0.05) is 22.3 Å². The summed E-state index contributed by atoms with van der Waals surface area (Å²) in [6.45, 7) is 2.75. The van der Waals surface area contributed by atoms with Gasteiger partial charge >= 0.3 is 5.97 Å². The van der Waals surface area contributed by atoms with Crippen molar-refractivity contribution in [1.29, 1.82) is 5.26 Å². The molecule has 7 heteroatoms. The Labute approximate surface area is 179 Å². The molecule has 3 aromatic rings. The molecule has 0 saturated heterocycles. The van der Waals surface area contributed by atoms with Crippen molar-refractivity contribution in [3.8, 4) is 28.8 Å². The zero-order valence-corrected chi connectivity index (χ0v) is 17.1. The first-order valence-electron chi connectivity index (χ1n) is 9.45. The number of hydrogen-bond acceptors (Lipinski definition) is 4. The Morgan fingerprint density at radius 2 is 1.93 bits per heavy atom. The number of hydrogen-bond donors (Lipinski definition) is 1. The molecule has 1 N–H and O–H groups in total. The van der Waals surface area contributed by atoms with Gasteiger partial charge in [0.2, 0.25) is 0 Å². The zero-order valence-electron chi connectivity index (χ0n) is 16.4. The topological polar surface area (TPSA) is 88.1 Å². The molecule has 1 aromatic heterocycles. The summed E-state index contributed by atoms with van der Waals surface area (Å²) in [5.41, 5.74) is 2.24. The number of nitrogens with zero attached hydrogens (tertiary/aromatic N) is 3. The summed E-state index contributed by atoms with van der Waals surface area (Å²) in [6, 6.07) is 16.2. The molecule has 0 atom stereocenters. The molecule has 0 fully saturated rings. The second-order valence-electron chi connectivity index (χ2n) is 6.56. The Morgan fingerprint density at radius 1 is 1.23 bits per heavy atom. The molecular weight excluding hydrogens is 402 g/mol. The van der Waals surface area contributed by atoms with E-state index >= 15 is 0 Å². The number of aliphatic carboxylic acids is 1. The van der Waals surface area contributed by atoms with Crippen LogP contribution in [0.4, 0.5) is 0 Å². The normalized spacial score (nSPS) is 11.2. The maximum Gasteiger partial charge on any atom is 0.346 e. The van der Waals surface area contributed by atoms with Crippen LogP contribution in [0.5, 0.6) is 5.75 Å². The standard InChI is InChI=1S/C23H20ClN3O3/c1-2-3-12-30-21-10-4-16(5-11-21)22-18(13-17(14-25)23(28)29)15-27(26-22)20-8-6-19(24)7-9-20/h4-11,13,15H,2-3,12H2,1H3,(H,28,29)/b17-13-. The summed E-state index contributed by atoms with van der Waals surface area (Å²) in [4.78, 5) is 11.3. The lowest BCUT2D eigenvalue weighted by Gasteiger charge is -2.06. The van der Waals surface area contributed by atoms with E-state index in [2.05, 4.69) is 12.0 Å². The van der Waals surface area contributed by atoms with E-state index in [-0.39, 0.29) is 5.57 Å². The average Bonchev–Trinajstić information content (AvgIpc) is 3.17. The monoisotopic (exact) mass is 421 g/mol. The summed E-state index contributed by atoms with van der Waals surface area (Å²) in [7, 11) is 0. The van der Waals surface area contributed by atoms with Crippen molar-refractivity contribution < 1.29 is 14.6 Å². The van der Waals surface area contributed by atoms with Gasteiger partial charge in [-0.05, 0) is 61.0 Å². The highest BCUT2D eigenvalue weighted by Crippen LogP contribution is 2.28.